The number of carbonyl (C=O) groups is 1. The Morgan fingerprint density at radius 3 is 2.56 bits per heavy atom. The number of aliphatic hydroxyl groups is 1. The summed E-state index contributed by atoms with van der Waals surface area (Å²) in [5.74, 6) is -0.182. The largest absolute Gasteiger partial charge is 0.396 e. The zero-order valence-corrected chi connectivity index (χ0v) is 11.4. The summed E-state index contributed by atoms with van der Waals surface area (Å²) in [6.45, 7) is 6.47. The highest BCUT2D eigenvalue weighted by atomic mass is 16.3. The fraction of sp³-hybridized carbons (Fsp3) is 0.571. The van der Waals surface area contributed by atoms with Crippen molar-refractivity contribution in [1.82, 2.24) is 10.3 Å². The van der Waals surface area contributed by atoms with Crippen molar-refractivity contribution in [2.24, 2.45) is 5.41 Å². The molecule has 0 saturated heterocycles. The number of rotatable bonds is 6. The van der Waals surface area contributed by atoms with Crippen LogP contribution in [0.2, 0.25) is 0 Å². The molecule has 100 valence electrons. The van der Waals surface area contributed by atoms with E-state index < -0.39 is 0 Å². The van der Waals surface area contributed by atoms with E-state index in [1.54, 1.807) is 6.07 Å². The Labute approximate surface area is 108 Å². The van der Waals surface area contributed by atoms with Gasteiger partial charge in [-0.25, -0.2) is 4.98 Å². The number of aliphatic hydroxyl groups excluding tert-OH is 1. The maximum absolute atomic E-state index is 11.9. The molecule has 0 aliphatic carbocycles. The summed E-state index contributed by atoms with van der Waals surface area (Å²) >= 11 is 0. The van der Waals surface area contributed by atoms with Crippen molar-refractivity contribution < 1.29 is 9.90 Å². The fourth-order valence-electron chi connectivity index (χ4n) is 1.81. The smallest absolute Gasteiger partial charge is 0.269 e. The number of hydrogen-bond acceptors (Lipinski definition) is 3. The minimum Gasteiger partial charge on any atom is -0.396 e. The molecule has 18 heavy (non-hydrogen) atoms. The molecular weight excluding hydrogens is 228 g/mol. The first kappa shape index (κ1) is 14.6. The van der Waals surface area contributed by atoms with Crippen molar-refractivity contribution in [3.8, 4) is 0 Å². The lowest BCUT2D eigenvalue weighted by Gasteiger charge is -2.29. The first-order valence-electron chi connectivity index (χ1n) is 6.39. The van der Waals surface area contributed by atoms with Crippen LogP contribution < -0.4 is 5.32 Å². The Morgan fingerprint density at radius 2 is 2.06 bits per heavy atom. The van der Waals surface area contributed by atoms with Crippen LogP contribution >= 0.6 is 0 Å². The summed E-state index contributed by atoms with van der Waals surface area (Å²) in [6, 6.07) is 5.36. The van der Waals surface area contributed by atoms with Crippen LogP contribution in [0.4, 0.5) is 0 Å². The predicted molar refractivity (Wildman–Crippen MR) is 71.4 cm³/mol. The molecule has 0 aliphatic rings. The number of amides is 1. The second-order valence-electron chi connectivity index (χ2n) is 4.71. The van der Waals surface area contributed by atoms with E-state index in [0.717, 1.165) is 18.5 Å². The molecule has 4 nitrogen and oxygen atoms in total. The van der Waals surface area contributed by atoms with Crippen molar-refractivity contribution in [2.45, 2.75) is 33.6 Å². The van der Waals surface area contributed by atoms with E-state index in [2.05, 4.69) is 10.3 Å². The molecule has 1 heterocycles. The molecule has 0 spiro atoms. The zero-order valence-electron chi connectivity index (χ0n) is 11.4. The number of aromatic nitrogens is 1. The molecule has 1 aromatic heterocycles. The zero-order chi connectivity index (χ0) is 13.6. The van der Waals surface area contributed by atoms with Crippen molar-refractivity contribution in [3.05, 3.63) is 29.6 Å². The van der Waals surface area contributed by atoms with Gasteiger partial charge in [0.25, 0.3) is 5.91 Å². The number of carbonyl (C=O) groups excluding carboxylic acids is 1. The van der Waals surface area contributed by atoms with Crippen molar-refractivity contribution >= 4 is 5.91 Å². The Balaban J connectivity index is 2.66. The van der Waals surface area contributed by atoms with E-state index in [0.29, 0.717) is 12.2 Å². The first-order chi connectivity index (χ1) is 8.56. The monoisotopic (exact) mass is 250 g/mol. The van der Waals surface area contributed by atoms with Crippen LogP contribution in [0.3, 0.4) is 0 Å². The SMILES string of the molecule is CCC(CC)(CO)CNC(=O)c1cccc(C)n1. The quantitative estimate of drug-likeness (QED) is 0.810. The van der Waals surface area contributed by atoms with Crippen LogP contribution in [0.25, 0.3) is 0 Å². The number of aryl methyl sites for hydroxylation is 1. The van der Waals surface area contributed by atoms with Gasteiger partial charge in [-0.2, -0.15) is 0 Å². The molecule has 1 rings (SSSR count). The summed E-state index contributed by atoms with van der Waals surface area (Å²) in [5.41, 5.74) is 1.02. The number of pyridine rings is 1. The highest BCUT2D eigenvalue weighted by Gasteiger charge is 2.26. The molecule has 0 aromatic carbocycles. The average Bonchev–Trinajstić information content (AvgIpc) is 2.40. The Hall–Kier alpha value is -1.42. The van der Waals surface area contributed by atoms with E-state index in [9.17, 15) is 9.90 Å². The molecule has 0 saturated carbocycles. The van der Waals surface area contributed by atoms with E-state index in [4.69, 9.17) is 0 Å². The summed E-state index contributed by atoms with van der Waals surface area (Å²) in [6.07, 6.45) is 1.67. The van der Waals surface area contributed by atoms with E-state index in [1.165, 1.54) is 0 Å². The first-order valence-corrected chi connectivity index (χ1v) is 6.39. The topological polar surface area (TPSA) is 62.2 Å². The highest BCUT2D eigenvalue weighted by Crippen LogP contribution is 2.24. The highest BCUT2D eigenvalue weighted by molar-refractivity contribution is 5.92. The molecule has 1 amide bonds. The maximum Gasteiger partial charge on any atom is 0.269 e. The summed E-state index contributed by atoms with van der Waals surface area (Å²) in [7, 11) is 0. The minimum atomic E-state index is -0.223. The molecular formula is C14H22N2O2. The molecule has 0 bridgehead atoms. The van der Waals surface area contributed by atoms with Gasteiger partial charge in [0.1, 0.15) is 5.69 Å². The number of nitrogens with zero attached hydrogens (tertiary/aromatic N) is 1. The lowest BCUT2D eigenvalue weighted by atomic mass is 9.83. The normalized spacial score (nSPS) is 11.3. The van der Waals surface area contributed by atoms with Crippen LogP contribution in [-0.4, -0.2) is 29.1 Å². The lowest BCUT2D eigenvalue weighted by Crippen LogP contribution is -2.39. The van der Waals surface area contributed by atoms with Crippen molar-refractivity contribution in [3.63, 3.8) is 0 Å². The molecule has 0 radical (unpaired) electrons. The van der Waals surface area contributed by atoms with E-state index >= 15 is 0 Å². The standard InChI is InChI=1S/C14H22N2O2/c1-4-14(5-2,10-17)9-15-13(18)12-8-6-7-11(3)16-12/h6-8,17H,4-5,9-10H2,1-3H3,(H,15,18). The molecule has 0 unspecified atom stereocenters. The van der Waals surface area contributed by atoms with Gasteiger partial charge in [0.05, 0.1) is 6.61 Å². The Morgan fingerprint density at radius 1 is 1.39 bits per heavy atom. The third kappa shape index (κ3) is 3.53. The number of hydrogen-bond donors (Lipinski definition) is 2. The van der Waals surface area contributed by atoms with Crippen molar-refractivity contribution in [2.75, 3.05) is 13.2 Å². The van der Waals surface area contributed by atoms with Crippen LogP contribution in [0, 0.1) is 12.3 Å². The van der Waals surface area contributed by atoms with Gasteiger partial charge in [0.2, 0.25) is 0 Å². The Kier molecular flexibility index (Phi) is 5.28. The third-order valence-corrected chi connectivity index (χ3v) is 3.58. The second-order valence-corrected chi connectivity index (χ2v) is 4.71. The second kappa shape index (κ2) is 6.50. The van der Waals surface area contributed by atoms with Gasteiger partial charge in [0, 0.05) is 17.7 Å². The predicted octanol–water partition coefficient (Wildman–Crippen LogP) is 1.92. The van der Waals surface area contributed by atoms with Gasteiger partial charge in [-0.15, -0.1) is 0 Å². The van der Waals surface area contributed by atoms with Crippen LogP contribution in [0.15, 0.2) is 18.2 Å². The van der Waals surface area contributed by atoms with E-state index in [1.807, 2.05) is 32.9 Å². The van der Waals surface area contributed by atoms with Crippen LogP contribution in [0.5, 0.6) is 0 Å². The molecule has 0 atom stereocenters. The molecule has 4 heteroatoms. The van der Waals surface area contributed by atoms with Gasteiger partial charge in [-0.1, -0.05) is 19.9 Å². The summed E-state index contributed by atoms with van der Waals surface area (Å²) in [4.78, 5) is 16.1. The van der Waals surface area contributed by atoms with Crippen molar-refractivity contribution in [1.29, 1.82) is 0 Å². The maximum atomic E-state index is 11.9. The molecule has 0 aliphatic heterocycles. The minimum absolute atomic E-state index is 0.0848. The fourth-order valence-corrected chi connectivity index (χ4v) is 1.81. The van der Waals surface area contributed by atoms with E-state index in [-0.39, 0.29) is 17.9 Å². The number of nitrogens with one attached hydrogen (secondary N) is 1. The van der Waals surface area contributed by atoms with Gasteiger partial charge in [-0.05, 0) is 31.9 Å². The van der Waals surface area contributed by atoms with Gasteiger partial charge >= 0.3 is 0 Å². The lowest BCUT2D eigenvalue weighted by molar-refractivity contribution is 0.0846. The molecule has 2 N–H and O–H groups in total. The molecule has 0 fully saturated rings. The third-order valence-electron chi connectivity index (χ3n) is 3.58. The average molecular weight is 250 g/mol. The van der Waals surface area contributed by atoms with Gasteiger partial charge < -0.3 is 10.4 Å². The van der Waals surface area contributed by atoms with Crippen LogP contribution in [0.1, 0.15) is 42.9 Å². The summed E-state index contributed by atoms with van der Waals surface area (Å²) < 4.78 is 0. The Bertz CT molecular complexity index is 392. The van der Waals surface area contributed by atoms with Crippen LogP contribution in [-0.2, 0) is 0 Å². The van der Waals surface area contributed by atoms with Gasteiger partial charge in [0.15, 0.2) is 0 Å². The van der Waals surface area contributed by atoms with Gasteiger partial charge in [-0.3, -0.25) is 4.79 Å². The summed E-state index contributed by atoms with van der Waals surface area (Å²) in [5, 5.41) is 12.3. The molecule has 1 aromatic rings.